The van der Waals surface area contributed by atoms with Crippen molar-refractivity contribution in [2.24, 2.45) is 0 Å². The van der Waals surface area contributed by atoms with Crippen LogP contribution >= 0.6 is 11.3 Å². The molecule has 6 heteroatoms. The van der Waals surface area contributed by atoms with E-state index in [1.54, 1.807) is 36.3 Å². The lowest BCUT2D eigenvalue weighted by Gasteiger charge is -2.23. The number of thiazole rings is 1. The van der Waals surface area contributed by atoms with Gasteiger partial charge in [0.15, 0.2) is 5.13 Å². The van der Waals surface area contributed by atoms with Gasteiger partial charge in [-0.1, -0.05) is 23.5 Å². The largest absolute Gasteiger partial charge is 0.497 e. The molecule has 1 unspecified atom stereocenters. The Hall–Kier alpha value is -2.44. The summed E-state index contributed by atoms with van der Waals surface area (Å²) >= 11 is 1.53. The molecule has 26 heavy (non-hydrogen) atoms. The van der Waals surface area contributed by atoms with Crippen LogP contribution in [0.5, 0.6) is 5.75 Å². The topological polar surface area (TPSA) is 51.7 Å². The number of ether oxygens (including phenoxy) is 2. The number of carbonyl (C=O) groups is 1. The molecule has 0 bridgehead atoms. The van der Waals surface area contributed by atoms with Crippen LogP contribution in [0.4, 0.5) is 5.13 Å². The van der Waals surface area contributed by atoms with E-state index in [4.69, 9.17) is 9.47 Å². The molecular weight excluding hydrogens is 348 g/mol. The Bertz CT molecular complexity index is 868. The molecule has 3 aromatic rings. The number of aromatic nitrogens is 1. The van der Waals surface area contributed by atoms with Gasteiger partial charge in [0.25, 0.3) is 5.91 Å². The summed E-state index contributed by atoms with van der Waals surface area (Å²) < 4.78 is 12.0. The Morgan fingerprint density at radius 2 is 2.08 bits per heavy atom. The van der Waals surface area contributed by atoms with Crippen LogP contribution < -0.4 is 9.64 Å². The first-order valence-corrected chi connectivity index (χ1v) is 9.49. The summed E-state index contributed by atoms with van der Waals surface area (Å²) in [6.07, 6.45) is 2.07. The van der Waals surface area contributed by atoms with E-state index in [0.29, 0.717) is 17.2 Å². The van der Waals surface area contributed by atoms with Crippen molar-refractivity contribution in [3.8, 4) is 5.75 Å². The maximum Gasteiger partial charge on any atom is 0.260 e. The predicted molar refractivity (Wildman–Crippen MR) is 103 cm³/mol. The fourth-order valence-corrected chi connectivity index (χ4v) is 4.08. The average Bonchev–Trinajstić information content (AvgIpc) is 3.34. The maximum absolute atomic E-state index is 13.2. The number of hydrogen-bond acceptors (Lipinski definition) is 5. The van der Waals surface area contributed by atoms with Gasteiger partial charge in [-0.2, -0.15) is 0 Å². The Labute approximate surface area is 156 Å². The fourth-order valence-electron chi connectivity index (χ4n) is 3.10. The number of carbonyl (C=O) groups excluding carboxylic acids is 1. The SMILES string of the molecule is COc1ccc(C(=O)N(CC2CCCO2)c2nc3ccccc3s2)cc1. The number of rotatable bonds is 5. The lowest BCUT2D eigenvalue weighted by atomic mass is 10.1. The molecule has 1 saturated heterocycles. The van der Waals surface area contributed by atoms with Crippen LogP contribution in [0.2, 0.25) is 0 Å². The third-order valence-electron chi connectivity index (χ3n) is 4.51. The maximum atomic E-state index is 13.2. The summed E-state index contributed by atoms with van der Waals surface area (Å²) in [4.78, 5) is 19.6. The molecular formula is C20H20N2O3S. The Morgan fingerprint density at radius 1 is 1.27 bits per heavy atom. The zero-order chi connectivity index (χ0) is 17.9. The summed E-state index contributed by atoms with van der Waals surface area (Å²) in [6.45, 7) is 1.28. The first kappa shape index (κ1) is 17.0. The molecule has 0 spiro atoms. The van der Waals surface area contributed by atoms with Crippen LogP contribution in [-0.2, 0) is 4.74 Å². The van der Waals surface area contributed by atoms with Crippen molar-refractivity contribution in [3.05, 3.63) is 54.1 Å². The lowest BCUT2D eigenvalue weighted by molar-refractivity contribution is 0.0917. The second-order valence-corrected chi connectivity index (χ2v) is 7.25. The van der Waals surface area contributed by atoms with Crippen LogP contribution in [0.15, 0.2) is 48.5 Å². The van der Waals surface area contributed by atoms with Gasteiger partial charge in [0, 0.05) is 12.2 Å². The number of fused-ring (bicyclic) bond motifs is 1. The van der Waals surface area contributed by atoms with E-state index in [-0.39, 0.29) is 12.0 Å². The summed E-state index contributed by atoms with van der Waals surface area (Å²) in [6, 6.07) is 15.1. The predicted octanol–water partition coefficient (Wildman–Crippen LogP) is 4.13. The van der Waals surface area contributed by atoms with Crippen molar-refractivity contribution in [1.82, 2.24) is 4.98 Å². The van der Waals surface area contributed by atoms with E-state index in [0.717, 1.165) is 35.4 Å². The highest BCUT2D eigenvalue weighted by molar-refractivity contribution is 7.22. The van der Waals surface area contributed by atoms with Gasteiger partial charge in [0.2, 0.25) is 0 Å². The minimum Gasteiger partial charge on any atom is -0.497 e. The Morgan fingerprint density at radius 3 is 2.77 bits per heavy atom. The van der Waals surface area contributed by atoms with Gasteiger partial charge < -0.3 is 9.47 Å². The van der Waals surface area contributed by atoms with Crippen molar-refractivity contribution in [2.75, 3.05) is 25.2 Å². The van der Waals surface area contributed by atoms with E-state index in [1.165, 1.54) is 11.3 Å². The van der Waals surface area contributed by atoms with Gasteiger partial charge in [-0.3, -0.25) is 9.69 Å². The molecule has 0 aliphatic carbocycles. The van der Waals surface area contributed by atoms with Crippen LogP contribution in [0.25, 0.3) is 10.2 Å². The molecule has 0 N–H and O–H groups in total. The third kappa shape index (κ3) is 3.43. The highest BCUT2D eigenvalue weighted by atomic mass is 32.1. The van der Waals surface area contributed by atoms with Crippen LogP contribution in [-0.4, -0.2) is 37.3 Å². The van der Waals surface area contributed by atoms with Crippen molar-refractivity contribution in [1.29, 1.82) is 0 Å². The van der Waals surface area contributed by atoms with Gasteiger partial charge in [-0.15, -0.1) is 0 Å². The Balaban J connectivity index is 1.67. The number of nitrogens with zero attached hydrogens (tertiary/aromatic N) is 2. The average molecular weight is 368 g/mol. The quantitative estimate of drug-likeness (QED) is 0.679. The molecule has 5 nitrogen and oxygen atoms in total. The second-order valence-electron chi connectivity index (χ2n) is 6.24. The summed E-state index contributed by atoms with van der Waals surface area (Å²) in [5, 5.41) is 0.711. The summed E-state index contributed by atoms with van der Waals surface area (Å²) in [5.41, 5.74) is 1.52. The highest BCUT2D eigenvalue weighted by Crippen LogP contribution is 2.31. The molecule has 2 heterocycles. The van der Waals surface area contributed by atoms with Crippen molar-refractivity contribution in [2.45, 2.75) is 18.9 Å². The summed E-state index contributed by atoms with van der Waals surface area (Å²) in [5.74, 6) is 0.662. The number of para-hydroxylation sites is 1. The van der Waals surface area contributed by atoms with Crippen molar-refractivity contribution < 1.29 is 14.3 Å². The first-order chi connectivity index (χ1) is 12.7. The third-order valence-corrected chi connectivity index (χ3v) is 5.57. The molecule has 1 amide bonds. The number of anilines is 1. The standard InChI is InChI=1S/C20H20N2O3S/c1-24-15-10-8-14(9-11-15)19(23)22(13-16-5-4-12-25-16)20-21-17-6-2-3-7-18(17)26-20/h2-3,6-11,16H,4-5,12-13H2,1H3. The van der Waals surface area contributed by atoms with Gasteiger partial charge in [-0.05, 0) is 49.2 Å². The zero-order valence-corrected chi connectivity index (χ0v) is 15.4. The molecule has 1 aliphatic rings. The summed E-state index contributed by atoms with van der Waals surface area (Å²) in [7, 11) is 1.61. The zero-order valence-electron chi connectivity index (χ0n) is 14.6. The lowest BCUT2D eigenvalue weighted by Crippen LogP contribution is -2.37. The van der Waals surface area contributed by atoms with Crippen LogP contribution in [0, 0.1) is 0 Å². The highest BCUT2D eigenvalue weighted by Gasteiger charge is 2.27. The molecule has 134 valence electrons. The van der Waals surface area contributed by atoms with E-state index in [2.05, 4.69) is 4.98 Å². The normalized spacial score (nSPS) is 16.7. The number of hydrogen-bond donors (Lipinski definition) is 0. The van der Waals surface area contributed by atoms with Crippen LogP contribution in [0.3, 0.4) is 0 Å². The molecule has 2 aromatic carbocycles. The molecule has 1 aliphatic heterocycles. The van der Waals surface area contributed by atoms with Crippen LogP contribution in [0.1, 0.15) is 23.2 Å². The molecule has 0 saturated carbocycles. The van der Waals surface area contributed by atoms with Crippen molar-refractivity contribution in [3.63, 3.8) is 0 Å². The molecule has 0 radical (unpaired) electrons. The van der Waals surface area contributed by atoms with E-state index < -0.39 is 0 Å². The van der Waals surface area contributed by atoms with E-state index >= 15 is 0 Å². The van der Waals surface area contributed by atoms with Gasteiger partial charge >= 0.3 is 0 Å². The number of amides is 1. The Kier molecular flexibility index (Phi) is 4.86. The minimum absolute atomic E-state index is 0.0595. The molecule has 4 rings (SSSR count). The monoisotopic (exact) mass is 368 g/mol. The van der Waals surface area contributed by atoms with Gasteiger partial charge in [0.1, 0.15) is 5.75 Å². The number of methoxy groups -OCH3 is 1. The van der Waals surface area contributed by atoms with Crippen molar-refractivity contribution >= 4 is 32.6 Å². The number of benzene rings is 2. The molecule has 1 atom stereocenters. The molecule has 1 aromatic heterocycles. The fraction of sp³-hybridized carbons (Fsp3) is 0.300. The van der Waals surface area contributed by atoms with Gasteiger partial charge in [0.05, 0.1) is 30.0 Å². The van der Waals surface area contributed by atoms with E-state index in [9.17, 15) is 4.79 Å². The second kappa shape index (κ2) is 7.43. The van der Waals surface area contributed by atoms with Gasteiger partial charge in [-0.25, -0.2) is 4.98 Å². The van der Waals surface area contributed by atoms with E-state index in [1.807, 2.05) is 24.3 Å². The minimum atomic E-state index is -0.0674. The first-order valence-electron chi connectivity index (χ1n) is 8.67. The smallest absolute Gasteiger partial charge is 0.260 e. The molecule has 1 fully saturated rings.